The van der Waals surface area contributed by atoms with Gasteiger partial charge in [-0.1, -0.05) is 36.4 Å². The molecule has 0 fully saturated rings. The zero-order chi connectivity index (χ0) is 22.1. The monoisotopic (exact) mass is 426 g/mol. The second-order valence-corrected chi connectivity index (χ2v) is 6.87. The van der Waals surface area contributed by atoms with Crippen LogP contribution in [0.1, 0.15) is 33.4 Å². The lowest BCUT2D eigenvalue weighted by atomic mass is 9.98. The van der Waals surface area contributed by atoms with Crippen LogP contribution in [0.3, 0.4) is 0 Å². The molecule has 2 nitrogen and oxygen atoms in total. The van der Waals surface area contributed by atoms with Crippen LogP contribution < -0.4 is 0 Å². The zero-order valence-corrected chi connectivity index (χ0v) is 15.3. The Morgan fingerprint density at radius 2 is 0.800 bits per heavy atom. The molecule has 0 aliphatic heterocycles. The molecule has 2 N–H and O–H groups in total. The first-order valence-corrected chi connectivity index (χ1v) is 8.79. The molecule has 0 unspecified atom stereocenters. The van der Waals surface area contributed by atoms with E-state index in [4.69, 9.17) is 0 Å². The third kappa shape index (κ3) is 5.06. The van der Waals surface area contributed by atoms with E-state index in [9.17, 15) is 36.6 Å². The number of phenolic OH excluding ortho intramolecular Hbond substituents is 2. The Bertz CT molecular complexity index is 952. The van der Waals surface area contributed by atoms with E-state index in [0.29, 0.717) is 22.3 Å². The van der Waals surface area contributed by atoms with E-state index in [-0.39, 0.29) is 12.8 Å². The maximum Gasteiger partial charge on any atom is 0.419 e. The van der Waals surface area contributed by atoms with Gasteiger partial charge in [0.15, 0.2) is 0 Å². The second-order valence-electron chi connectivity index (χ2n) is 6.87. The fraction of sp³-hybridized carbons (Fsp3) is 0.182. The molecule has 0 aromatic heterocycles. The van der Waals surface area contributed by atoms with Crippen molar-refractivity contribution in [2.75, 3.05) is 0 Å². The Morgan fingerprint density at radius 3 is 1.10 bits per heavy atom. The van der Waals surface area contributed by atoms with Gasteiger partial charge < -0.3 is 10.2 Å². The molecule has 0 aliphatic rings. The third-order valence-electron chi connectivity index (χ3n) is 4.57. The lowest BCUT2D eigenvalue weighted by Gasteiger charge is -2.12. The van der Waals surface area contributed by atoms with Gasteiger partial charge in [-0.15, -0.1) is 0 Å². The molecule has 0 spiro atoms. The minimum atomic E-state index is -4.66. The zero-order valence-electron chi connectivity index (χ0n) is 15.3. The number of hydrogen-bond donors (Lipinski definition) is 2. The van der Waals surface area contributed by atoms with Gasteiger partial charge in [-0.05, 0) is 59.4 Å². The van der Waals surface area contributed by atoms with E-state index in [0.717, 1.165) is 24.3 Å². The summed E-state index contributed by atoms with van der Waals surface area (Å²) in [5.41, 5.74) is -0.0743. The Kier molecular flexibility index (Phi) is 5.70. The molecule has 158 valence electrons. The highest BCUT2D eigenvalue weighted by molar-refractivity contribution is 5.42. The van der Waals surface area contributed by atoms with Crippen LogP contribution in [-0.4, -0.2) is 10.2 Å². The Morgan fingerprint density at radius 1 is 0.500 bits per heavy atom. The van der Waals surface area contributed by atoms with Crippen molar-refractivity contribution in [3.05, 3.63) is 94.0 Å². The van der Waals surface area contributed by atoms with Crippen LogP contribution in [0.5, 0.6) is 11.5 Å². The minimum absolute atomic E-state index is 0.196. The average molecular weight is 426 g/mol. The molecule has 0 amide bonds. The highest BCUT2D eigenvalue weighted by atomic mass is 19.4. The Hall–Kier alpha value is -3.16. The summed E-state index contributed by atoms with van der Waals surface area (Å²) in [5.74, 6) is -1.68. The predicted octanol–water partition coefficient (Wildman–Crippen LogP) is 6.32. The maximum atomic E-state index is 12.9. The van der Waals surface area contributed by atoms with Crippen LogP contribution in [0, 0.1) is 0 Å². The van der Waals surface area contributed by atoms with Crippen molar-refractivity contribution in [2.45, 2.75) is 25.2 Å². The van der Waals surface area contributed by atoms with E-state index in [1.54, 1.807) is 24.3 Å². The summed E-state index contributed by atoms with van der Waals surface area (Å²) in [5, 5.41) is 18.8. The molecule has 0 radical (unpaired) electrons. The van der Waals surface area contributed by atoms with Gasteiger partial charge in [0.1, 0.15) is 11.5 Å². The highest BCUT2D eigenvalue weighted by Gasteiger charge is 2.34. The molecule has 3 rings (SSSR count). The summed E-state index contributed by atoms with van der Waals surface area (Å²) < 4.78 is 77.5. The number of hydrogen-bond acceptors (Lipinski definition) is 2. The largest absolute Gasteiger partial charge is 0.507 e. The predicted molar refractivity (Wildman–Crippen MR) is 98.3 cm³/mol. The van der Waals surface area contributed by atoms with E-state index in [2.05, 4.69) is 0 Å². The van der Waals surface area contributed by atoms with Crippen LogP contribution in [0.15, 0.2) is 60.7 Å². The van der Waals surface area contributed by atoms with E-state index in [1.165, 1.54) is 12.1 Å². The normalized spacial score (nSPS) is 12.2. The molecule has 30 heavy (non-hydrogen) atoms. The number of halogens is 6. The highest BCUT2D eigenvalue weighted by Crippen LogP contribution is 2.37. The molecule has 0 saturated heterocycles. The average Bonchev–Trinajstić information content (AvgIpc) is 2.64. The molecule has 0 saturated carbocycles. The van der Waals surface area contributed by atoms with Gasteiger partial charge in [0.05, 0.1) is 11.1 Å². The van der Waals surface area contributed by atoms with Gasteiger partial charge in [-0.3, -0.25) is 0 Å². The summed E-state index contributed by atoms with van der Waals surface area (Å²) in [4.78, 5) is 0. The first-order chi connectivity index (χ1) is 13.9. The van der Waals surface area contributed by atoms with Crippen molar-refractivity contribution in [3.8, 4) is 11.5 Å². The second kappa shape index (κ2) is 7.93. The molecule has 0 aliphatic carbocycles. The van der Waals surface area contributed by atoms with Crippen molar-refractivity contribution >= 4 is 0 Å². The van der Waals surface area contributed by atoms with Gasteiger partial charge in [-0.2, -0.15) is 26.3 Å². The first kappa shape index (κ1) is 21.5. The molecule has 0 atom stereocenters. The first-order valence-electron chi connectivity index (χ1n) is 8.79. The summed E-state index contributed by atoms with van der Waals surface area (Å²) in [7, 11) is 0. The van der Waals surface area contributed by atoms with Gasteiger partial charge in [0, 0.05) is 0 Å². The molecule has 3 aromatic carbocycles. The van der Waals surface area contributed by atoms with Crippen molar-refractivity contribution < 1.29 is 36.6 Å². The van der Waals surface area contributed by atoms with Gasteiger partial charge in [-0.25, -0.2) is 0 Å². The van der Waals surface area contributed by atoms with Crippen LogP contribution in [-0.2, 0) is 25.2 Å². The summed E-state index contributed by atoms with van der Waals surface area (Å²) in [6.07, 6.45) is -8.94. The van der Waals surface area contributed by atoms with Gasteiger partial charge in [0.25, 0.3) is 0 Å². The lowest BCUT2D eigenvalue weighted by molar-refractivity contribution is -0.139. The summed E-state index contributed by atoms with van der Waals surface area (Å²) in [6.45, 7) is 0. The molecule has 0 bridgehead atoms. The number of phenols is 2. The van der Waals surface area contributed by atoms with Gasteiger partial charge >= 0.3 is 12.4 Å². The van der Waals surface area contributed by atoms with Crippen LogP contribution in [0.25, 0.3) is 0 Å². The minimum Gasteiger partial charge on any atom is -0.507 e. The molecular weight excluding hydrogens is 410 g/mol. The molecular formula is C22H16F6O2. The fourth-order valence-electron chi connectivity index (χ4n) is 3.09. The summed E-state index contributed by atoms with van der Waals surface area (Å²) >= 11 is 0. The number of rotatable bonds is 4. The smallest absolute Gasteiger partial charge is 0.419 e. The topological polar surface area (TPSA) is 40.5 Å². The van der Waals surface area contributed by atoms with E-state index >= 15 is 0 Å². The fourth-order valence-corrected chi connectivity index (χ4v) is 3.09. The van der Waals surface area contributed by atoms with E-state index in [1.807, 2.05) is 0 Å². The van der Waals surface area contributed by atoms with Crippen LogP contribution in [0.4, 0.5) is 26.3 Å². The SMILES string of the molecule is Oc1ccc(Cc2ccc(Cc3ccc(O)c(C(F)(F)F)c3)cc2)cc1C(F)(F)F. The van der Waals surface area contributed by atoms with Crippen molar-refractivity contribution in [3.63, 3.8) is 0 Å². The van der Waals surface area contributed by atoms with Crippen molar-refractivity contribution in [1.82, 2.24) is 0 Å². The van der Waals surface area contributed by atoms with Crippen molar-refractivity contribution in [1.29, 1.82) is 0 Å². The van der Waals surface area contributed by atoms with Crippen molar-refractivity contribution in [2.24, 2.45) is 0 Å². The van der Waals surface area contributed by atoms with Crippen LogP contribution in [0.2, 0.25) is 0 Å². The number of benzene rings is 3. The number of alkyl halides is 6. The van der Waals surface area contributed by atoms with E-state index < -0.39 is 35.0 Å². The van der Waals surface area contributed by atoms with Gasteiger partial charge in [0.2, 0.25) is 0 Å². The maximum absolute atomic E-state index is 12.9. The molecule has 8 heteroatoms. The Balaban J connectivity index is 1.75. The number of aromatic hydroxyl groups is 2. The summed E-state index contributed by atoms with van der Waals surface area (Å²) in [6, 6.07) is 13.3. The quantitative estimate of drug-likeness (QED) is 0.480. The Labute approximate surface area is 168 Å². The molecule has 3 aromatic rings. The third-order valence-corrected chi connectivity index (χ3v) is 4.57. The standard InChI is InChI=1S/C22H16F6O2/c23-21(24,25)17-11-15(5-7-19(17)29)9-13-1-2-14(4-3-13)10-16-6-8-20(30)18(12-16)22(26,27)28/h1-8,11-12,29-30H,9-10H2. The van der Waals surface area contributed by atoms with Crippen LogP contribution >= 0.6 is 0 Å². The molecule has 0 heterocycles. The lowest BCUT2D eigenvalue weighted by Crippen LogP contribution is -2.06.